The third-order valence-corrected chi connectivity index (χ3v) is 5.22. The summed E-state index contributed by atoms with van der Waals surface area (Å²) in [6.07, 6.45) is 0. The van der Waals surface area contributed by atoms with E-state index >= 15 is 0 Å². The van der Waals surface area contributed by atoms with Crippen molar-refractivity contribution < 1.29 is 18.9 Å². The predicted octanol–water partition coefficient (Wildman–Crippen LogP) is 3.42. The molecule has 1 aromatic heterocycles. The predicted molar refractivity (Wildman–Crippen MR) is 96.0 cm³/mol. The van der Waals surface area contributed by atoms with E-state index in [-0.39, 0.29) is 13.6 Å². The monoisotopic (exact) mass is 346 g/mol. The first-order valence-corrected chi connectivity index (χ1v) is 8.34. The number of nitrogens with one attached hydrogen (secondary N) is 1. The van der Waals surface area contributed by atoms with Crippen LogP contribution in [0.3, 0.4) is 0 Å². The van der Waals surface area contributed by atoms with E-state index < -0.39 is 0 Å². The van der Waals surface area contributed by atoms with Crippen molar-refractivity contribution in [1.29, 1.82) is 5.41 Å². The van der Waals surface area contributed by atoms with Crippen LogP contribution in [0.4, 0.5) is 0 Å². The molecule has 0 saturated carbocycles. The first-order valence-electron chi connectivity index (χ1n) is 8.34. The van der Waals surface area contributed by atoms with Crippen LogP contribution in [-0.2, 0) is 7.05 Å². The van der Waals surface area contributed by atoms with Gasteiger partial charge in [-0.05, 0) is 35.0 Å². The minimum atomic E-state index is 0.191. The van der Waals surface area contributed by atoms with Crippen LogP contribution in [0.1, 0.15) is 0 Å². The van der Waals surface area contributed by atoms with E-state index in [1.54, 1.807) is 0 Å². The molecule has 2 aliphatic heterocycles. The molecule has 26 heavy (non-hydrogen) atoms. The lowest BCUT2D eigenvalue weighted by molar-refractivity contribution is 0.174. The zero-order valence-electron chi connectivity index (χ0n) is 14.0. The van der Waals surface area contributed by atoms with Crippen LogP contribution >= 0.6 is 0 Å². The Bertz CT molecular complexity index is 1320. The first kappa shape index (κ1) is 13.8. The molecule has 0 bridgehead atoms. The van der Waals surface area contributed by atoms with Gasteiger partial charge in [0.1, 0.15) is 5.49 Å². The van der Waals surface area contributed by atoms with Crippen LogP contribution in [0, 0.1) is 5.41 Å². The molecule has 4 aromatic rings. The number of hydrogen-bond donors (Lipinski definition) is 1. The SMILES string of the molecule is Cn1c(=N)c2c3c(ccc2c2ccc4cc5c(cc4c21)OCO5)OCO3. The number of pyridine rings is 1. The molecule has 0 unspecified atom stereocenters. The normalized spacial score (nSPS) is 14.7. The molecule has 6 nitrogen and oxygen atoms in total. The molecule has 0 spiro atoms. The Labute approximate surface area is 147 Å². The summed E-state index contributed by atoms with van der Waals surface area (Å²) in [5.41, 5.74) is 1.37. The van der Waals surface area contributed by atoms with Crippen LogP contribution < -0.4 is 24.4 Å². The maximum Gasteiger partial charge on any atom is 0.231 e. The highest BCUT2D eigenvalue weighted by Gasteiger charge is 2.22. The van der Waals surface area contributed by atoms with Gasteiger partial charge in [0.05, 0.1) is 10.9 Å². The third kappa shape index (κ3) is 1.59. The second-order valence-corrected chi connectivity index (χ2v) is 6.52. The molecule has 0 aliphatic carbocycles. The molecular formula is C20H14N2O4. The molecule has 128 valence electrons. The highest BCUT2D eigenvalue weighted by Crippen LogP contribution is 2.42. The summed E-state index contributed by atoms with van der Waals surface area (Å²) in [4.78, 5) is 0. The molecule has 3 aromatic carbocycles. The van der Waals surface area contributed by atoms with E-state index in [1.165, 1.54) is 0 Å². The van der Waals surface area contributed by atoms with Crippen LogP contribution in [-0.4, -0.2) is 18.2 Å². The first-order chi connectivity index (χ1) is 12.7. The van der Waals surface area contributed by atoms with Crippen LogP contribution in [0.15, 0.2) is 36.4 Å². The van der Waals surface area contributed by atoms with Gasteiger partial charge in [-0.1, -0.05) is 12.1 Å². The van der Waals surface area contributed by atoms with Crippen molar-refractivity contribution in [3.05, 3.63) is 41.9 Å². The van der Waals surface area contributed by atoms with Crippen molar-refractivity contribution in [3.63, 3.8) is 0 Å². The topological polar surface area (TPSA) is 65.7 Å². The number of ether oxygens (including phenoxy) is 4. The van der Waals surface area contributed by atoms with Gasteiger partial charge < -0.3 is 23.5 Å². The fourth-order valence-electron chi connectivity index (χ4n) is 3.99. The Morgan fingerprint density at radius 1 is 0.808 bits per heavy atom. The number of nitrogens with zero attached hydrogens (tertiary/aromatic N) is 1. The van der Waals surface area contributed by atoms with E-state index in [4.69, 9.17) is 24.4 Å². The van der Waals surface area contributed by atoms with E-state index in [1.807, 2.05) is 35.9 Å². The van der Waals surface area contributed by atoms with Gasteiger partial charge >= 0.3 is 0 Å². The minimum absolute atomic E-state index is 0.191. The second kappa shape index (κ2) is 4.60. The van der Waals surface area contributed by atoms with Gasteiger partial charge in [-0.3, -0.25) is 5.41 Å². The molecule has 0 radical (unpaired) electrons. The van der Waals surface area contributed by atoms with E-state index in [9.17, 15) is 0 Å². The number of fused-ring (bicyclic) bond motifs is 8. The highest BCUT2D eigenvalue weighted by atomic mass is 16.7. The minimum Gasteiger partial charge on any atom is -0.454 e. The lowest BCUT2D eigenvalue weighted by Gasteiger charge is -2.14. The molecule has 0 saturated heterocycles. The van der Waals surface area contributed by atoms with Crippen LogP contribution in [0.5, 0.6) is 23.0 Å². The number of aryl methyl sites for hydroxylation is 1. The van der Waals surface area contributed by atoms with Gasteiger partial charge in [0.2, 0.25) is 13.6 Å². The smallest absolute Gasteiger partial charge is 0.231 e. The van der Waals surface area contributed by atoms with Crippen molar-refractivity contribution in [3.8, 4) is 23.0 Å². The molecule has 0 amide bonds. The maximum atomic E-state index is 8.74. The second-order valence-electron chi connectivity index (χ2n) is 6.52. The highest BCUT2D eigenvalue weighted by molar-refractivity contribution is 6.17. The number of aromatic nitrogens is 1. The van der Waals surface area contributed by atoms with Crippen LogP contribution in [0.2, 0.25) is 0 Å². The van der Waals surface area contributed by atoms with Gasteiger partial charge in [-0.2, -0.15) is 0 Å². The Kier molecular flexibility index (Phi) is 2.45. The summed E-state index contributed by atoms with van der Waals surface area (Å²) in [7, 11) is 1.91. The zero-order chi connectivity index (χ0) is 17.4. The molecule has 0 atom stereocenters. The summed E-state index contributed by atoms with van der Waals surface area (Å²) in [5, 5.41) is 13.6. The van der Waals surface area contributed by atoms with Crippen molar-refractivity contribution in [2.75, 3.05) is 13.6 Å². The van der Waals surface area contributed by atoms with Crippen molar-refractivity contribution in [2.45, 2.75) is 0 Å². The fourth-order valence-corrected chi connectivity index (χ4v) is 3.99. The van der Waals surface area contributed by atoms with E-state index in [0.29, 0.717) is 17.0 Å². The lowest BCUT2D eigenvalue weighted by Crippen LogP contribution is -2.18. The molecule has 6 heteroatoms. The van der Waals surface area contributed by atoms with Crippen molar-refractivity contribution in [2.24, 2.45) is 7.05 Å². The van der Waals surface area contributed by atoms with Gasteiger partial charge in [-0.25, -0.2) is 0 Å². The zero-order valence-corrected chi connectivity index (χ0v) is 14.0. The molecule has 6 rings (SSSR count). The summed E-state index contributed by atoms with van der Waals surface area (Å²) < 4.78 is 24.1. The Hall–Kier alpha value is -3.41. The van der Waals surface area contributed by atoms with Gasteiger partial charge in [-0.15, -0.1) is 0 Å². The Morgan fingerprint density at radius 3 is 2.42 bits per heavy atom. The summed E-state index contributed by atoms with van der Waals surface area (Å²) in [5.74, 6) is 2.84. The maximum absolute atomic E-state index is 8.74. The molecule has 1 N–H and O–H groups in total. The molecular weight excluding hydrogens is 332 g/mol. The van der Waals surface area contributed by atoms with Gasteiger partial charge in [0.25, 0.3) is 0 Å². The largest absolute Gasteiger partial charge is 0.454 e. The fraction of sp³-hybridized carbons (Fsp3) is 0.150. The van der Waals surface area contributed by atoms with Crippen molar-refractivity contribution >= 4 is 32.4 Å². The molecule has 0 fully saturated rings. The Morgan fingerprint density at radius 2 is 1.54 bits per heavy atom. The quantitative estimate of drug-likeness (QED) is 0.496. The Balaban J connectivity index is 1.85. The number of hydrogen-bond acceptors (Lipinski definition) is 5. The molecule has 2 aliphatic rings. The average Bonchev–Trinajstić information content (AvgIpc) is 3.31. The summed E-state index contributed by atoms with van der Waals surface area (Å²) >= 11 is 0. The summed E-state index contributed by atoms with van der Waals surface area (Å²) in [6.45, 7) is 0.433. The van der Waals surface area contributed by atoms with Gasteiger partial charge in [0.15, 0.2) is 23.0 Å². The number of benzene rings is 3. The third-order valence-electron chi connectivity index (χ3n) is 5.22. The van der Waals surface area contributed by atoms with E-state index in [0.717, 1.165) is 43.9 Å². The van der Waals surface area contributed by atoms with E-state index in [2.05, 4.69) is 12.1 Å². The van der Waals surface area contributed by atoms with Crippen molar-refractivity contribution in [1.82, 2.24) is 4.57 Å². The lowest BCUT2D eigenvalue weighted by atomic mass is 10.00. The molecule has 3 heterocycles. The number of rotatable bonds is 0. The standard InChI is InChI=1S/C20H14N2O4/c1-22-18-12(3-2-10-6-15-16(7-13(10)18)25-8-24-15)11-4-5-14-19(26-9-23-14)17(11)20(22)21/h2-7,21H,8-9H2,1H3. The average molecular weight is 346 g/mol. The van der Waals surface area contributed by atoms with Crippen LogP contribution in [0.25, 0.3) is 32.4 Å². The van der Waals surface area contributed by atoms with Gasteiger partial charge in [0, 0.05) is 17.8 Å². The summed E-state index contributed by atoms with van der Waals surface area (Å²) in [6, 6.07) is 12.1.